The van der Waals surface area contributed by atoms with Crippen LogP contribution in [0.2, 0.25) is 0 Å². The van der Waals surface area contributed by atoms with Gasteiger partial charge >= 0.3 is 0 Å². The molecule has 0 aliphatic heterocycles. The van der Waals surface area contributed by atoms with Gasteiger partial charge < -0.3 is 0 Å². The molecule has 3 heteroatoms. The lowest BCUT2D eigenvalue weighted by Crippen LogP contribution is -1.92. The van der Waals surface area contributed by atoms with E-state index in [1.807, 2.05) is 12.1 Å². The smallest absolute Gasteiger partial charge is 0.137 e. The molecule has 0 amide bonds. The summed E-state index contributed by atoms with van der Waals surface area (Å²) in [5.74, 6) is -0.193. The van der Waals surface area contributed by atoms with Gasteiger partial charge in [0.05, 0.1) is 4.47 Å². The molecule has 0 aliphatic rings. The molecule has 1 rings (SSSR count). The lowest BCUT2D eigenvalue weighted by atomic mass is 10.0. The van der Waals surface area contributed by atoms with Crippen LogP contribution in [0.25, 0.3) is 0 Å². The minimum atomic E-state index is -0.193. The van der Waals surface area contributed by atoms with E-state index in [1.54, 1.807) is 0 Å². The summed E-state index contributed by atoms with van der Waals surface area (Å²) in [6.45, 7) is 2.26. The highest BCUT2D eigenvalue weighted by molar-refractivity contribution is 9.10. The highest BCUT2D eigenvalue weighted by atomic mass is 79.9. The first-order valence-corrected chi connectivity index (χ1v) is 9.95. The highest BCUT2D eigenvalue weighted by Gasteiger charge is 2.09. The van der Waals surface area contributed by atoms with E-state index in [9.17, 15) is 4.39 Å². The van der Waals surface area contributed by atoms with E-state index in [1.165, 1.54) is 63.9 Å². The average molecular weight is 422 g/mol. The van der Waals surface area contributed by atoms with Crippen LogP contribution in [0.3, 0.4) is 0 Å². The zero-order valence-electron chi connectivity index (χ0n) is 13.0. The van der Waals surface area contributed by atoms with Crippen LogP contribution in [0, 0.1) is 5.82 Å². The van der Waals surface area contributed by atoms with Crippen LogP contribution in [-0.2, 0) is 0 Å². The molecule has 1 aromatic carbocycles. The Balaban J connectivity index is 2.08. The number of benzene rings is 1. The zero-order chi connectivity index (χ0) is 15.5. The Labute approximate surface area is 146 Å². The van der Waals surface area contributed by atoms with E-state index in [-0.39, 0.29) is 5.82 Å². The first-order valence-electron chi connectivity index (χ1n) is 8.24. The SMILES string of the molecule is CCCCCCCCCCCC(Br)c1ccc(F)c(Br)c1. The van der Waals surface area contributed by atoms with Gasteiger partial charge in [-0.1, -0.05) is 86.7 Å². The van der Waals surface area contributed by atoms with E-state index in [0.29, 0.717) is 9.30 Å². The van der Waals surface area contributed by atoms with Crippen molar-refractivity contribution in [3.05, 3.63) is 34.1 Å². The molecule has 1 unspecified atom stereocenters. The predicted octanol–water partition coefficient (Wildman–Crippen LogP) is 7.95. The van der Waals surface area contributed by atoms with Crippen molar-refractivity contribution in [3.8, 4) is 0 Å². The van der Waals surface area contributed by atoms with Gasteiger partial charge in [-0.25, -0.2) is 4.39 Å². The molecule has 0 saturated carbocycles. The first kappa shape index (κ1) is 19.2. The van der Waals surface area contributed by atoms with Crippen molar-refractivity contribution in [2.45, 2.75) is 76.0 Å². The Morgan fingerprint density at radius 1 is 0.952 bits per heavy atom. The monoisotopic (exact) mass is 420 g/mol. The molecule has 0 nitrogen and oxygen atoms in total. The predicted molar refractivity (Wildman–Crippen MR) is 97.6 cm³/mol. The van der Waals surface area contributed by atoms with Crippen LogP contribution >= 0.6 is 31.9 Å². The Hall–Kier alpha value is 0.110. The maximum absolute atomic E-state index is 13.2. The van der Waals surface area contributed by atoms with Crippen molar-refractivity contribution in [3.63, 3.8) is 0 Å². The summed E-state index contributed by atoms with van der Waals surface area (Å²) < 4.78 is 13.8. The van der Waals surface area contributed by atoms with Crippen LogP contribution < -0.4 is 0 Å². The molecular formula is C18H27Br2F. The maximum atomic E-state index is 13.2. The third-order valence-electron chi connectivity index (χ3n) is 3.87. The molecule has 0 aliphatic carbocycles. The van der Waals surface area contributed by atoms with Crippen LogP contribution in [0.5, 0.6) is 0 Å². The zero-order valence-corrected chi connectivity index (χ0v) is 16.2. The normalized spacial score (nSPS) is 12.6. The molecule has 21 heavy (non-hydrogen) atoms. The second-order valence-corrected chi connectivity index (χ2v) is 7.72. The van der Waals surface area contributed by atoms with Crippen LogP contribution in [0.4, 0.5) is 4.39 Å². The summed E-state index contributed by atoms with van der Waals surface area (Å²) in [4.78, 5) is 0.332. The second-order valence-electron chi connectivity index (χ2n) is 5.76. The minimum absolute atomic E-state index is 0.193. The molecule has 0 spiro atoms. The summed E-state index contributed by atoms with van der Waals surface area (Å²) in [5.41, 5.74) is 1.16. The van der Waals surface area contributed by atoms with Gasteiger partial charge in [-0.15, -0.1) is 0 Å². The van der Waals surface area contributed by atoms with Crippen molar-refractivity contribution in [1.82, 2.24) is 0 Å². The summed E-state index contributed by atoms with van der Waals surface area (Å²) >= 11 is 6.96. The van der Waals surface area contributed by atoms with E-state index in [4.69, 9.17) is 0 Å². The standard InChI is InChI=1S/C18H27Br2F/c1-2-3-4-5-6-7-8-9-10-11-16(19)15-12-13-18(21)17(20)14-15/h12-14,16H,2-11H2,1H3. The van der Waals surface area contributed by atoms with Gasteiger partial charge in [0.1, 0.15) is 5.82 Å². The molecule has 0 radical (unpaired) electrons. The van der Waals surface area contributed by atoms with Gasteiger partial charge in [-0.05, 0) is 40.0 Å². The van der Waals surface area contributed by atoms with Gasteiger partial charge in [0.15, 0.2) is 0 Å². The van der Waals surface area contributed by atoms with Gasteiger partial charge in [-0.3, -0.25) is 0 Å². The molecule has 0 aromatic heterocycles. The molecular weight excluding hydrogens is 395 g/mol. The van der Waals surface area contributed by atoms with Crippen LogP contribution in [0.1, 0.15) is 81.5 Å². The van der Waals surface area contributed by atoms with Crippen molar-refractivity contribution in [2.75, 3.05) is 0 Å². The van der Waals surface area contributed by atoms with Crippen molar-refractivity contribution < 1.29 is 4.39 Å². The Morgan fingerprint density at radius 3 is 2.10 bits per heavy atom. The quantitative estimate of drug-likeness (QED) is 0.251. The van der Waals surface area contributed by atoms with Gasteiger partial charge in [0.25, 0.3) is 0 Å². The average Bonchev–Trinajstić information content (AvgIpc) is 2.48. The molecule has 0 heterocycles. The summed E-state index contributed by atoms with van der Waals surface area (Å²) in [6, 6.07) is 5.28. The fourth-order valence-electron chi connectivity index (χ4n) is 2.51. The third kappa shape index (κ3) is 8.35. The molecule has 0 bridgehead atoms. The lowest BCUT2D eigenvalue weighted by Gasteiger charge is -2.11. The molecule has 1 atom stereocenters. The first-order chi connectivity index (χ1) is 10.1. The van der Waals surface area contributed by atoms with Gasteiger partial charge in [0, 0.05) is 4.83 Å². The summed E-state index contributed by atoms with van der Waals surface area (Å²) in [7, 11) is 0. The number of alkyl halides is 1. The number of hydrogen-bond donors (Lipinski definition) is 0. The summed E-state index contributed by atoms with van der Waals surface area (Å²) in [6.07, 6.45) is 13.3. The molecule has 0 N–H and O–H groups in total. The van der Waals surface area contributed by atoms with Gasteiger partial charge in [-0.2, -0.15) is 0 Å². The Bertz CT molecular complexity index is 393. The Kier molecular flexibility index (Phi) is 10.6. The second kappa shape index (κ2) is 11.6. The highest BCUT2D eigenvalue weighted by Crippen LogP contribution is 2.31. The third-order valence-corrected chi connectivity index (χ3v) is 5.46. The van der Waals surface area contributed by atoms with Gasteiger partial charge in [0.2, 0.25) is 0 Å². The molecule has 0 saturated heterocycles. The van der Waals surface area contributed by atoms with E-state index in [2.05, 4.69) is 38.8 Å². The Morgan fingerprint density at radius 2 is 1.52 bits per heavy atom. The molecule has 120 valence electrons. The minimum Gasteiger partial charge on any atom is -0.206 e. The number of rotatable bonds is 11. The van der Waals surface area contributed by atoms with Crippen molar-refractivity contribution >= 4 is 31.9 Å². The van der Waals surface area contributed by atoms with E-state index >= 15 is 0 Å². The topological polar surface area (TPSA) is 0 Å². The van der Waals surface area contributed by atoms with Crippen molar-refractivity contribution in [1.29, 1.82) is 0 Å². The van der Waals surface area contributed by atoms with Crippen LogP contribution in [-0.4, -0.2) is 0 Å². The van der Waals surface area contributed by atoms with E-state index < -0.39 is 0 Å². The summed E-state index contributed by atoms with van der Waals surface area (Å²) in [5, 5.41) is 0. The maximum Gasteiger partial charge on any atom is 0.137 e. The fourth-order valence-corrected chi connectivity index (χ4v) is 3.51. The molecule has 1 aromatic rings. The van der Waals surface area contributed by atoms with Crippen LogP contribution in [0.15, 0.2) is 22.7 Å². The fraction of sp³-hybridized carbons (Fsp3) is 0.667. The van der Waals surface area contributed by atoms with Crippen molar-refractivity contribution in [2.24, 2.45) is 0 Å². The number of hydrogen-bond acceptors (Lipinski definition) is 0. The largest absolute Gasteiger partial charge is 0.206 e. The number of unbranched alkanes of at least 4 members (excludes halogenated alkanes) is 8. The lowest BCUT2D eigenvalue weighted by molar-refractivity contribution is 0.555. The van der Waals surface area contributed by atoms with E-state index in [0.717, 1.165) is 12.0 Å². The number of halogens is 3. The molecule has 0 fully saturated rings.